The van der Waals surface area contributed by atoms with E-state index in [2.05, 4.69) is 4.98 Å². The van der Waals surface area contributed by atoms with Gasteiger partial charge in [0, 0.05) is 7.11 Å². The maximum absolute atomic E-state index is 12.8. The first-order valence-corrected chi connectivity index (χ1v) is 9.09. The van der Waals surface area contributed by atoms with Crippen molar-refractivity contribution in [1.29, 1.82) is 0 Å². The number of carbonyl (C=O) groups is 1. The molecule has 0 spiro atoms. The van der Waals surface area contributed by atoms with E-state index in [9.17, 15) is 13.6 Å². The van der Waals surface area contributed by atoms with Gasteiger partial charge in [0.25, 0.3) is 5.76 Å². The van der Waals surface area contributed by atoms with Crippen LogP contribution in [0.4, 0.5) is 8.78 Å². The van der Waals surface area contributed by atoms with Crippen LogP contribution >= 0.6 is 11.8 Å². The van der Waals surface area contributed by atoms with E-state index in [4.69, 9.17) is 9.47 Å². The Morgan fingerprint density at radius 1 is 1.32 bits per heavy atom. The number of carbonyl (C=O) groups excluding carboxylic acids is 1. The molecule has 0 radical (unpaired) electrons. The van der Waals surface area contributed by atoms with Crippen molar-refractivity contribution in [2.24, 2.45) is 0 Å². The second kappa shape index (κ2) is 8.14. The molecular formula is C17H20F2N2O3S. The molecule has 5 nitrogen and oxygen atoms in total. The lowest BCUT2D eigenvalue weighted by Crippen LogP contribution is -2.36. The van der Waals surface area contributed by atoms with Crippen molar-refractivity contribution in [3.8, 4) is 0 Å². The average Bonchev–Trinajstić information content (AvgIpc) is 2.92. The quantitative estimate of drug-likeness (QED) is 0.571. The largest absolute Gasteiger partial charge is 0.458 e. The van der Waals surface area contributed by atoms with E-state index in [-0.39, 0.29) is 23.9 Å². The third-order valence-electron chi connectivity index (χ3n) is 4.33. The number of para-hydroxylation sites is 2. The lowest BCUT2D eigenvalue weighted by molar-refractivity contribution is -0.160. The fourth-order valence-corrected chi connectivity index (χ4v) is 3.78. The predicted molar refractivity (Wildman–Crippen MR) is 90.7 cm³/mol. The van der Waals surface area contributed by atoms with Gasteiger partial charge in [-0.2, -0.15) is 8.78 Å². The van der Waals surface area contributed by atoms with Gasteiger partial charge < -0.3 is 14.0 Å². The van der Waals surface area contributed by atoms with Crippen molar-refractivity contribution in [1.82, 2.24) is 9.55 Å². The molecule has 25 heavy (non-hydrogen) atoms. The molecule has 1 heterocycles. The van der Waals surface area contributed by atoms with E-state index >= 15 is 0 Å². The van der Waals surface area contributed by atoms with Gasteiger partial charge in [0.15, 0.2) is 5.16 Å². The molecule has 2 atom stereocenters. The Bertz CT molecular complexity index is 738. The van der Waals surface area contributed by atoms with Gasteiger partial charge in [0.1, 0.15) is 12.6 Å². The van der Waals surface area contributed by atoms with Crippen LogP contribution in [0.1, 0.15) is 25.7 Å². The van der Waals surface area contributed by atoms with Gasteiger partial charge in [-0.05, 0) is 43.2 Å². The molecular weight excluding hydrogens is 350 g/mol. The van der Waals surface area contributed by atoms with Gasteiger partial charge in [0.2, 0.25) is 0 Å². The molecule has 0 aliphatic heterocycles. The molecule has 1 aromatic heterocycles. The molecule has 2 aromatic rings. The smallest absolute Gasteiger partial charge is 0.326 e. The fraction of sp³-hybridized carbons (Fsp3) is 0.529. The number of methoxy groups -OCH3 is 1. The second-order valence-electron chi connectivity index (χ2n) is 5.93. The number of fused-ring (bicyclic) bond motifs is 1. The maximum Gasteiger partial charge on any atom is 0.326 e. The van der Waals surface area contributed by atoms with Crippen LogP contribution in [-0.4, -0.2) is 40.6 Å². The highest BCUT2D eigenvalue weighted by atomic mass is 32.2. The van der Waals surface area contributed by atoms with Crippen molar-refractivity contribution in [3.05, 3.63) is 24.3 Å². The average molecular weight is 370 g/mol. The number of ether oxygens (including phenoxy) is 2. The minimum absolute atomic E-state index is 0.104. The number of esters is 1. The fourth-order valence-electron chi connectivity index (χ4n) is 3.18. The first kappa shape index (κ1) is 18.1. The maximum atomic E-state index is 12.8. The number of rotatable bonds is 6. The molecule has 0 N–H and O–H groups in total. The zero-order valence-corrected chi connectivity index (χ0v) is 14.7. The molecule has 8 heteroatoms. The van der Waals surface area contributed by atoms with E-state index in [1.165, 1.54) is 4.57 Å². The van der Waals surface area contributed by atoms with Crippen molar-refractivity contribution < 1.29 is 23.0 Å². The molecule has 0 bridgehead atoms. The first-order valence-electron chi connectivity index (χ1n) is 8.21. The SMILES string of the molecule is CO[C@H]1CCCC[C@@H]1OC(=O)Cn1c(SC(F)F)nc2ccccc21. The summed E-state index contributed by atoms with van der Waals surface area (Å²) in [4.78, 5) is 16.6. The summed E-state index contributed by atoms with van der Waals surface area (Å²) in [6.07, 6.45) is 3.26. The molecule has 3 rings (SSSR count). The lowest BCUT2D eigenvalue weighted by Gasteiger charge is -2.30. The van der Waals surface area contributed by atoms with Crippen molar-refractivity contribution in [2.75, 3.05) is 7.11 Å². The Labute approximate surface area is 148 Å². The zero-order chi connectivity index (χ0) is 17.8. The van der Waals surface area contributed by atoms with Gasteiger partial charge in [-0.3, -0.25) is 4.79 Å². The number of halogens is 2. The van der Waals surface area contributed by atoms with Crippen LogP contribution in [0.15, 0.2) is 29.4 Å². The summed E-state index contributed by atoms with van der Waals surface area (Å²) < 4.78 is 38.1. The Kier molecular flexibility index (Phi) is 5.90. The molecule has 1 aliphatic carbocycles. The van der Waals surface area contributed by atoms with Crippen LogP contribution in [0.25, 0.3) is 11.0 Å². The highest BCUT2D eigenvalue weighted by Crippen LogP contribution is 2.29. The normalized spacial score (nSPS) is 21.0. The highest BCUT2D eigenvalue weighted by molar-refractivity contribution is 7.99. The highest BCUT2D eigenvalue weighted by Gasteiger charge is 2.29. The van der Waals surface area contributed by atoms with E-state index in [0.29, 0.717) is 22.8 Å². The molecule has 1 aromatic carbocycles. The summed E-state index contributed by atoms with van der Waals surface area (Å²) >= 11 is 0.330. The number of hydrogen-bond donors (Lipinski definition) is 0. The van der Waals surface area contributed by atoms with Gasteiger partial charge in [0.05, 0.1) is 17.1 Å². The zero-order valence-electron chi connectivity index (χ0n) is 13.9. The summed E-state index contributed by atoms with van der Waals surface area (Å²) in [5, 5.41) is 0.111. The molecule has 1 saturated carbocycles. The van der Waals surface area contributed by atoms with E-state index < -0.39 is 11.7 Å². The molecule has 0 amide bonds. The molecule has 1 aliphatic rings. The number of benzene rings is 1. The number of nitrogens with zero attached hydrogens (tertiary/aromatic N) is 2. The number of imidazole rings is 1. The Hall–Kier alpha value is -1.67. The first-order chi connectivity index (χ1) is 12.1. The van der Waals surface area contributed by atoms with E-state index in [1.54, 1.807) is 31.4 Å². The van der Waals surface area contributed by atoms with Gasteiger partial charge in [-0.25, -0.2) is 4.98 Å². The summed E-state index contributed by atoms with van der Waals surface area (Å²) in [6.45, 7) is -0.150. The predicted octanol–water partition coefficient (Wildman–Crippen LogP) is 3.85. The standard InChI is InChI=1S/C17H20F2N2O3S/c1-23-13-8-4-5-9-14(13)24-15(22)10-21-12-7-3-2-6-11(12)20-17(21)25-16(18)19/h2-3,6-7,13-14,16H,4-5,8-10H2,1H3/t13-,14-/m0/s1. The van der Waals surface area contributed by atoms with E-state index in [0.717, 1.165) is 25.7 Å². The van der Waals surface area contributed by atoms with Crippen molar-refractivity contribution in [3.63, 3.8) is 0 Å². The second-order valence-corrected chi connectivity index (χ2v) is 6.89. The van der Waals surface area contributed by atoms with Crippen LogP contribution in [0.2, 0.25) is 0 Å². The molecule has 136 valence electrons. The Morgan fingerprint density at radius 2 is 2.04 bits per heavy atom. The van der Waals surface area contributed by atoms with Crippen LogP contribution < -0.4 is 0 Å². The van der Waals surface area contributed by atoms with Crippen LogP contribution in [-0.2, 0) is 20.8 Å². The van der Waals surface area contributed by atoms with Crippen LogP contribution in [0.3, 0.4) is 0 Å². The topological polar surface area (TPSA) is 53.4 Å². The summed E-state index contributed by atoms with van der Waals surface area (Å²) in [5.41, 5.74) is 1.21. The summed E-state index contributed by atoms with van der Waals surface area (Å²) in [7, 11) is 1.61. The van der Waals surface area contributed by atoms with Crippen LogP contribution in [0.5, 0.6) is 0 Å². The Morgan fingerprint density at radius 3 is 2.76 bits per heavy atom. The van der Waals surface area contributed by atoms with E-state index in [1.807, 2.05) is 0 Å². The Balaban J connectivity index is 1.78. The molecule has 1 fully saturated rings. The van der Waals surface area contributed by atoms with Crippen molar-refractivity contribution >= 4 is 28.8 Å². The monoisotopic (exact) mass is 370 g/mol. The number of thioether (sulfide) groups is 1. The summed E-state index contributed by atoms with van der Waals surface area (Å²) in [5.74, 6) is -3.07. The van der Waals surface area contributed by atoms with Gasteiger partial charge >= 0.3 is 5.97 Å². The third-order valence-corrected chi connectivity index (χ3v) is 5.03. The molecule has 0 unspecified atom stereocenters. The number of hydrogen-bond acceptors (Lipinski definition) is 5. The number of alkyl halides is 2. The van der Waals surface area contributed by atoms with Crippen molar-refractivity contribution in [2.45, 2.75) is 55.3 Å². The minimum Gasteiger partial charge on any atom is -0.458 e. The van der Waals surface area contributed by atoms with Crippen LogP contribution in [0, 0.1) is 0 Å². The van der Waals surface area contributed by atoms with Gasteiger partial charge in [-0.15, -0.1) is 0 Å². The molecule has 0 saturated heterocycles. The third kappa shape index (κ3) is 4.30. The minimum atomic E-state index is -2.61. The summed E-state index contributed by atoms with van der Waals surface area (Å²) in [6, 6.07) is 7.04. The lowest BCUT2D eigenvalue weighted by atomic mass is 9.94. The number of aromatic nitrogens is 2. The van der Waals surface area contributed by atoms with Gasteiger partial charge in [-0.1, -0.05) is 18.6 Å².